The average Bonchev–Trinajstić information content (AvgIpc) is 2.47. The van der Waals surface area contributed by atoms with Crippen molar-refractivity contribution in [1.82, 2.24) is 15.1 Å². The zero-order valence-electron chi connectivity index (χ0n) is 12.5. The molecule has 0 aliphatic carbocycles. The van der Waals surface area contributed by atoms with Gasteiger partial charge in [0.25, 0.3) is 11.5 Å². The van der Waals surface area contributed by atoms with Gasteiger partial charge in [0.1, 0.15) is 11.5 Å². The van der Waals surface area contributed by atoms with Crippen molar-refractivity contribution < 1.29 is 9.18 Å². The molecular formula is C16H18FN3O2. The fraction of sp³-hybridized carbons (Fsp3) is 0.312. The van der Waals surface area contributed by atoms with Crippen LogP contribution in [0.25, 0.3) is 0 Å². The Bertz CT molecular complexity index is 725. The van der Waals surface area contributed by atoms with Gasteiger partial charge in [0.05, 0.1) is 6.54 Å². The molecule has 0 bridgehead atoms. The van der Waals surface area contributed by atoms with E-state index in [4.69, 9.17) is 0 Å². The summed E-state index contributed by atoms with van der Waals surface area (Å²) >= 11 is 0. The lowest BCUT2D eigenvalue weighted by Gasteiger charge is -2.09. The van der Waals surface area contributed by atoms with Crippen LogP contribution >= 0.6 is 0 Å². The van der Waals surface area contributed by atoms with E-state index in [1.54, 1.807) is 12.1 Å². The number of aromatic nitrogens is 2. The number of benzene rings is 1. The predicted molar refractivity (Wildman–Crippen MR) is 81.2 cm³/mol. The first kappa shape index (κ1) is 15.9. The molecule has 0 radical (unpaired) electrons. The number of nitrogens with zero attached hydrogens (tertiary/aromatic N) is 2. The highest BCUT2D eigenvalue weighted by molar-refractivity contribution is 5.91. The third kappa shape index (κ3) is 4.25. The van der Waals surface area contributed by atoms with Crippen LogP contribution < -0.4 is 10.9 Å². The minimum absolute atomic E-state index is 0.113. The molecule has 6 heteroatoms. The molecule has 1 amide bonds. The Balaban J connectivity index is 2.20. The van der Waals surface area contributed by atoms with Gasteiger partial charge < -0.3 is 5.32 Å². The van der Waals surface area contributed by atoms with Crippen molar-refractivity contribution in [3.8, 4) is 0 Å². The molecular weight excluding hydrogens is 285 g/mol. The molecule has 2 aromatic rings. The lowest BCUT2D eigenvalue weighted by molar-refractivity contribution is 0.0941. The highest BCUT2D eigenvalue weighted by Gasteiger charge is 2.10. The summed E-state index contributed by atoms with van der Waals surface area (Å²) in [5, 5.41) is 6.79. The van der Waals surface area contributed by atoms with Crippen LogP contribution in [-0.2, 0) is 6.54 Å². The molecule has 116 valence electrons. The number of nitrogens with one attached hydrogen (secondary N) is 1. The zero-order chi connectivity index (χ0) is 16.1. The maximum atomic E-state index is 13.2. The summed E-state index contributed by atoms with van der Waals surface area (Å²) in [4.78, 5) is 23.8. The predicted octanol–water partition coefficient (Wildman–Crippen LogP) is 1.82. The summed E-state index contributed by atoms with van der Waals surface area (Å²) in [5.74, 6) is -0.389. The summed E-state index contributed by atoms with van der Waals surface area (Å²) < 4.78 is 14.3. The van der Waals surface area contributed by atoms with E-state index in [0.717, 1.165) is 4.68 Å². The monoisotopic (exact) mass is 303 g/mol. The van der Waals surface area contributed by atoms with E-state index in [0.29, 0.717) is 18.0 Å². The smallest absolute Gasteiger partial charge is 0.271 e. The first-order valence-corrected chi connectivity index (χ1v) is 7.06. The quantitative estimate of drug-likeness (QED) is 0.916. The summed E-state index contributed by atoms with van der Waals surface area (Å²) in [6.45, 7) is 4.61. The first-order valence-electron chi connectivity index (χ1n) is 7.06. The topological polar surface area (TPSA) is 64.0 Å². The molecule has 0 aliphatic heterocycles. The number of rotatable bonds is 5. The van der Waals surface area contributed by atoms with E-state index in [9.17, 15) is 14.0 Å². The molecule has 0 aliphatic rings. The van der Waals surface area contributed by atoms with E-state index in [2.05, 4.69) is 10.4 Å². The second-order valence-corrected chi connectivity index (χ2v) is 5.45. The van der Waals surface area contributed by atoms with Crippen LogP contribution in [0, 0.1) is 11.7 Å². The maximum Gasteiger partial charge on any atom is 0.271 e. The molecule has 22 heavy (non-hydrogen) atoms. The summed E-state index contributed by atoms with van der Waals surface area (Å²) in [6.07, 6.45) is 0. The second-order valence-electron chi connectivity index (χ2n) is 5.45. The summed E-state index contributed by atoms with van der Waals surface area (Å²) in [7, 11) is 0. The SMILES string of the molecule is CC(C)CNC(=O)c1ccc(=O)n(Cc2cccc(F)c2)n1. The van der Waals surface area contributed by atoms with Gasteiger partial charge in [-0.25, -0.2) is 9.07 Å². The van der Waals surface area contributed by atoms with Gasteiger partial charge in [0.15, 0.2) is 0 Å². The number of hydrogen-bond donors (Lipinski definition) is 1. The summed E-state index contributed by atoms with van der Waals surface area (Å²) in [6, 6.07) is 8.60. The Hall–Kier alpha value is -2.50. The lowest BCUT2D eigenvalue weighted by atomic mass is 10.2. The van der Waals surface area contributed by atoms with Gasteiger partial charge in [-0.3, -0.25) is 9.59 Å². The van der Waals surface area contributed by atoms with Gasteiger partial charge in [-0.2, -0.15) is 5.10 Å². The van der Waals surface area contributed by atoms with Crippen LogP contribution in [0.1, 0.15) is 29.9 Å². The van der Waals surface area contributed by atoms with Gasteiger partial charge in [-0.15, -0.1) is 0 Å². The fourth-order valence-electron chi connectivity index (χ4n) is 1.88. The molecule has 5 nitrogen and oxygen atoms in total. The molecule has 0 spiro atoms. The molecule has 1 N–H and O–H groups in total. The van der Waals surface area contributed by atoms with E-state index in [-0.39, 0.29) is 29.5 Å². The number of carbonyl (C=O) groups is 1. The highest BCUT2D eigenvalue weighted by atomic mass is 19.1. The fourth-order valence-corrected chi connectivity index (χ4v) is 1.88. The van der Waals surface area contributed by atoms with E-state index in [1.807, 2.05) is 13.8 Å². The number of hydrogen-bond acceptors (Lipinski definition) is 3. The van der Waals surface area contributed by atoms with Crippen molar-refractivity contribution in [3.63, 3.8) is 0 Å². The summed E-state index contributed by atoms with van der Waals surface area (Å²) in [5.41, 5.74) is 0.427. The van der Waals surface area contributed by atoms with Crippen molar-refractivity contribution in [2.75, 3.05) is 6.54 Å². The van der Waals surface area contributed by atoms with Crippen LogP contribution in [-0.4, -0.2) is 22.2 Å². The Labute approximate surface area is 127 Å². The molecule has 1 aromatic carbocycles. The largest absolute Gasteiger partial charge is 0.350 e. The van der Waals surface area contributed by atoms with Gasteiger partial charge >= 0.3 is 0 Å². The molecule has 1 heterocycles. The standard InChI is InChI=1S/C16H18FN3O2/c1-11(2)9-18-16(22)14-6-7-15(21)20(19-14)10-12-4-3-5-13(17)8-12/h3-8,11H,9-10H2,1-2H3,(H,18,22). The van der Waals surface area contributed by atoms with Crippen LogP contribution in [0.4, 0.5) is 4.39 Å². The van der Waals surface area contributed by atoms with E-state index >= 15 is 0 Å². The van der Waals surface area contributed by atoms with Gasteiger partial charge in [-0.1, -0.05) is 26.0 Å². The van der Waals surface area contributed by atoms with Crippen molar-refractivity contribution in [2.45, 2.75) is 20.4 Å². The molecule has 1 aromatic heterocycles. The minimum Gasteiger partial charge on any atom is -0.350 e. The Morgan fingerprint density at radius 1 is 1.32 bits per heavy atom. The Morgan fingerprint density at radius 3 is 2.77 bits per heavy atom. The number of amides is 1. The van der Waals surface area contributed by atoms with Gasteiger partial charge in [0, 0.05) is 12.6 Å². The average molecular weight is 303 g/mol. The highest BCUT2D eigenvalue weighted by Crippen LogP contribution is 2.04. The second kappa shape index (κ2) is 6.98. The lowest BCUT2D eigenvalue weighted by Crippen LogP contribution is -2.31. The van der Waals surface area contributed by atoms with Crippen LogP contribution in [0.3, 0.4) is 0 Å². The van der Waals surface area contributed by atoms with Crippen molar-refractivity contribution in [3.05, 3.63) is 63.8 Å². The first-order chi connectivity index (χ1) is 10.5. The third-order valence-corrected chi connectivity index (χ3v) is 2.99. The van der Waals surface area contributed by atoms with E-state index in [1.165, 1.54) is 24.3 Å². The molecule has 2 rings (SSSR count). The minimum atomic E-state index is -0.378. The molecule has 0 saturated heterocycles. The number of carbonyl (C=O) groups excluding carboxylic acids is 1. The Kier molecular flexibility index (Phi) is 5.04. The van der Waals surface area contributed by atoms with E-state index < -0.39 is 0 Å². The molecule has 0 unspecified atom stereocenters. The third-order valence-electron chi connectivity index (χ3n) is 2.99. The normalized spacial score (nSPS) is 10.7. The molecule has 0 saturated carbocycles. The van der Waals surface area contributed by atoms with Gasteiger partial charge in [0.2, 0.25) is 0 Å². The maximum absolute atomic E-state index is 13.2. The van der Waals surface area contributed by atoms with Crippen molar-refractivity contribution in [1.29, 1.82) is 0 Å². The van der Waals surface area contributed by atoms with Gasteiger partial charge in [-0.05, 0) is 29.7 Å². The van der Waals surface area contributed by atoms with Crippen molar-refractivity contribution >= 4 is 5.91 Å². The van der Waals surface area contributed by atoms with Crippen LogP contribution in [0.2, 0.25) is 0 Å². The number of halogens is 1. The Morgan fingerprint density at radius 2 is 2.09 bits per heavy atom. The zero-order valence-corrected chi connectivity index (χ0v) is 12.5. The van der Waals surface area contributed by atoms with Crippen molar-refractivity contribution in [2.24, 2.45) is 5.92 Å². The molecule has 0 fully saturated rings. The molecule has 0 atom stereocenters. The van der Waals surface area contributed by atoms with Crippen LogP contribution in [0.5, 0.6) is 0 Å². The van der Waals surface area contributed by atoms with Crippen LogP contribution in [0.15, 0.2) is 41.2 Å².